The van der Waals surface area contributed by atoms with Crippen molar-refractivity contribution in [2.75, 3.05) is 41.8 Å². The van der Waals surface area contributed by atoms with Gasteiger partial charge in [-0.3, -0.25) is 14.8 Å². The predicted molar refractivity (Wildman–Crippen MR) is 134 cm³/mol. The number of aromatic nitrogens is 3. The highest BCUT2D eigenvalue weighted by molar-refractivity contribution is 6.11. The van der Waals surface area contributed by atoms with E-state index in [1.54, 1.807) is 36.7 Å². The summed E-state index contributed by atoms with van der Waals surface area (Å²) >= 11 is 0. The third kappa shape index (κ3) is 5.13. The van der Waals surface area contributed by atoms with E-state index in [2.05, 4.69) is 30.5 Å². The van der Waals surface area contributed by atoms with Crippen LogP contribution in [0.4, 0.5) is 26.4 Å². The molecule has 0 radical (unpaired) electrons. The molecule has 0 bridgehead atoms. The standard InChI is InChI=1S/C26H23FN6O3/c1-16-10-19(14-28-13-16)31-26(35)30-18-3-4-21(27)20(12-18)25(34)17-2-5-22-23(11-17)32-24(15-29-22)33-6-8-36-9-7-33/h2-5,10-15H,6-9H2,1H3,(H2,30,31,35). The lowest BCUT2D eigenvalue weighted by atomic mass is 10.0. The van der Waals surface area contributed by atoms with Crippen LogP contribution in [0.2, 0.25) is 0 Å². The number of carbonyl (C=O) groups excluding carboxylic acids is 2. The third-order valence-electron chi connectivity index (χ3n) is 5.73. The fraction of sp³-hybridized carbons (Fsp3) is 0.192. The van der Waals surface area contributed by atoms with Gasteiger partial charge in [-0.05, 0) is 55.0 Å². The summed E-state index contributed by atoms with van der Waals surface area (Å²) in [5.74, 6) is -0.524. The first-order chi connectivity index (χ1) is 17.5. The zero-order valence-electron chi connectivity index (χ0n) is 19.5. The summed E-state index contributed by atoms with van der Waals surface area (Å²) in [4.78, 5) is 40.8. The Morgan fingerprint density at radius 2 is 1.75 bits per heavy atom. The van der Waals surface area contributed by atoms with Crippen molar-refractivity contribution in [3.63, 3.8) is 0 Å². The van der Waals surface area contributed by atoms with Crippen LogP contribution in [0.1, 0.15) is 21.5 Å². The smallest absolute Gasteiger partial charge is 0.323 e. The van der Waals surface area contributed by atoms with E-state index in [-0.39, 0.29) is 16.8 Å². The molecule has 10 heteroatoms. The normalized spacial score (nSPS) is 13.4. The Labute approximate surface area is 206 Å². The van der Waals surface area contributed by atoms with Crippen LogP contribution in [0.5, 0.6) is 0 Å². The summed E-state index contributed by atoms with van der Waals surface area (Å²) in [5.41, 5.74) is 2.93. The molecule has 0 spiro atoms. The number of ether oxygens (including phenoxy) is 1. The Hall–Kier alpha value is -4.44. The number of rotatable bonds is 5. The maximum Gasteiger partial charge on any atom is 0.323 e. The van der Waals surface area contributed by atoms with Gasteiger partial charge in [0.2, 0.25) is 0 Å². The number of hydrogen-bond donors (Lipinski definition) is 2. The summed E-state index contributed by atoms with van der Waals surface area (Å²) in [6, 6.07) is 9.95. The summed E-state index contributed by atoms with van der Waals surface area (Å²) in [5, 5.41) is 5.28. The van der Waals surface area contributed by atoms with Gasteiger partial charge in [0, 0.05) is 30.5 Å². The molecule has 0 saturated carbocycles. The summed E-state index contributed by atoms with van der Waals surface area (Å²) in [7, 11) is 0. The number of benzene rings is 2. The summed E-state index contributed by atoms with van der Waals surface area (Å²) in [6.07, 6.45) is 4.88. The molecule has 2 amide bonds. The fourth-order valence-corrected chi connectivity index (χ4v) is 3.94. The maximum absolute atomic E-state index is 14.7. The van der Waals surface area contributed by atoms with E-state index in [4.69, 9.17) is 4.74 Å². The summed E-state index contributed by atoms with van der Waals surface area (Å²) < 4.78 is 20.0. The van der Waals surface area contributed by atoms with Crippen LogP contribution in [0, 0.1) is 12.7 Å². The number of morpholine rings is 1. The SMILES string of the molecule is Cc1cncc(NC(=O)Nc2ccc(F)c(C(=O)c3ccc4ncc(N5CCOCC5)nc4c3)c2)c1. The number of aryl methyl sites for hydroxylation is 1. The highest BCUT2D eigenvalue weighted by Gasteiger charge is 2.18. The number of nitrogens with zero attached hydrogens (tertiary/aromatic N) is 4. The quantitative estimate of drug-likeness (QED) is 0.407. The molecule has 1 fully saturated rings. The lowest BCUT2D eigenvalue weighted by Gasteiger charge is -2.27. The molecule has 2 aromatic carbocycles. The first-order valence-electron chi connectivity index (χ1n) is 11.4. The topological polar surface area (TPSA) is 109 Å². The van der Waals surface area contributed by atoms with E-state index in [0.717, 1.165) is 11.6 Å². The number of nitrogens with one attached hydrogen (secondary N) is 2. The van der Waals surface area contributed by atoms with Gasteiger partial charge in [-0.25, -0.2) is 14.2 Å². The van der Waals surface area contributed by atoms with Gasteiger partial charge in [0.15, 0.2) is 5.78 Å². The Balaban J connectivity index is 1.37. The number of ketones is 1. The van der Waals surface area contributed by atoms with Crippen LogP contribution < -0.4 is 15.5 Å². The number of hydrogen-bond acceptors (Lipinski definition) is 7. The molecule has 0 unspecified atom stereocenters. The zero-order chi connectivity index (χ0) is 25.1. The first kappa shape index (κ1) is 23.3. The molecule has 0 atom stereocenters. The van der Waals surface area contributed by atoms with Gasteiger partial charge in [0.05, 0.1) is 47.9 Å². The van der Waals surface area contributed by atoms with E-state index < -0.39 is 17.6 Å². The molecule has 3 heterocycles. The number of amides is 2. The van der Waals surface area contributed by atoms with Crippen molar-refractivity contribution in [2.24, 2.45) is 0 Å². The van der Waals surface area contributed by atoms with Crippen LogP contribution in [-0.4, -0.2) is 53.1 Å². The van der Waals surface area contributed by atoms with E-state index in [9.17, 15) is 14.0 Å². The van der Waals surface area contributed by atoms with Crippen LogP contribution >= 0.6 is 0 Å². The minimum Gasteiger partial charge on any atom is -0.378 e. The molecule has 1 aliphatic rings. The van der Waals surface area contributed by atoms with Crippen LogP contribution in [0.3, 0.4) is 0 Å². The van der Waals surface area contributed by atoms with Crippen molar-refractivity contribution >= 4 is 40.0 Å². The first-order valence-corrected chi connectivity index (χ1v) is 11.4. The molecule has 5 rings (SSSR count). The molecule has 36 heavy (non-hydrogen) atoms. The monoisotopic (exact) mass is 486 g/mol. The minimum atomic E-state index is -0.693. The van der Waals surface area contributed by atoms with Crippen molar-refractivity contribution in [2.45, 2.75) is 6.92 Å². The van der Waals surface area contributed by atoms with Crippen molar-refractivity contribution in [3.8, 4) is 0 Å². The Morgan fingerprint density at radius 3 is 2.56 bits per heavy atom. The molecule has 182 valence electrons. The van der Waals surface area contributed by atoms with Gasteiger partial charge < -0.3 is 20.3 Å². The summed E-state index contributed by atoms with van der Waals surface area (Å²) in [6.45, 7) is 4.49. The van der Waals surface area contributed by atoms with Gasteiger partial charge in [-0.15, -0.1) is 0 Å². The van der Waals surface area contributed by atoms with Crippen molar-refractivity contribution in [1.82, 2.24) is 15.0 Å². The number of pyridine rings is 1. The van der Waals surface area contributed by atoms with Crippen LogP contribution in [-0.2, 0) is 4.74 Å². The third-order valence-corrected chi connectivity index (χ3v) is 5.73. The second-order valence-corrected chi connectivity index (χ2v) is 8.38. The van der Waals surface area contributed by atoms with Crippen molar-refractivity contribution in [1.29, 1.82) is 0 Å². The second-order valence-electron chi connectivity index (χ2n) is 8.38. The van der Waals surface area contributed by atoms with E-state index in [0.29, 0.717) is 48.8 Å². The molecule has 2 N–H and O–H groups in total. The lowest BCUT2D eigenvalue weighted by Crippen LogP contribution is -2.36. The van der Waals surface area contributed by atoms with Gasteiger partial charge in [-0.1, -0.05) is 0 Å². The van der Waals surface area contributed by atoms with Crippen molar-refractivity contribution < 1.29 is 18.7 Å². The second kappa shape index (κ2) is 10.0. The number of carbonyl (C=O) groups is 2. The van der Waals surface area contributed by atoms with E-state index in [1.165, 1.54) is 18.3 Å². The molecular formula is C26H23FN6O3. The van der Waals surface area contributed by atoms with E-state index >= 15 is 0 Å². The predicted octanol–water partition coefficient (Wildman–Crippen LogP) is 4.18. The highest BCUT2D eigenvalue weighted by atomic mass is 19.1. The van der Waals surface area contributed by atoms with Gasteiger partial charge >= 0.3 is 6.03 Å². The minimum absolute atomic E-state index is 0.165. The largest absolute Gasteiger partial charge is 0.378 e. The average molecular weight is 487 g/mol. The molecule has 1 saturated heterocycles. The fourth-order valence-electron chi connectivity index (χ4n) is 3.94. The number of halogens is 1. The lowest BCUT2D eigenvalue weighted by molar-refractivity contribution is 0.103. The molecule has 4 aromatic rings. The van der Waals surface area contributed by atoms with Gasteiger partial charge in [-0.2, -0.15) is 0 Å². The molecule has 0 aliphatic carbocycles. The molecule has 1 aliphatic heterocycles. The number of fused-ring (bicyclic) bond motifs is 1. The molecular weight excluding hydrogens is 463 g/mol. The number of urea groups is 1. The Bertz CT molecular complexity index is 1460. The molecule has 2 aromatic heterocycles. The highest BCUT2D eigenvalue weighted by Crippen LogP contribution is 2.22. The van der Waals surface area contributed by atoms with Crippen LogP contribution in [0.25, 0.3) is 11.0 Å². The average Bonchev–Trinajstić information content (AvgIpc) is 2.89. The number of anilines is 3. The van der Waals surface area contributed by atoms with Crippen molar-refractivity contribution in [3.05, 3.63) is 83.6 Å². The Kier molecular flexibility index (Phi) is 6.50. The van der Waals surface area contributed by atoms with E-state index in [1.807, 2.05) is 6.92 Å². The van der Waals surface area contributed by atoms with Gasteiger partial charge in [0.1, 0.15) is 11.6 Å². The van der Waals surface area contributed by atoms with Gasteiger partial charge in [0.25, 0.3) is 0 Å². The maximum atomic E-state index is 14.7. The Morgan fingerprint density at radius 1 is 0.944 bits per heavy atom. The zero-order valence-corrected chi connectivity index (χ0v) is 19.5. The molecule has 9 nitrogen and oxygen atoms in total. The van der Waals surface area contributed by atoms with Crippen LogP contribution in [0.15, 0.2) is 61.1 Å².